The molecule has 2 amide bonds. The van der Waals surface area contributed by atoms with Gasteiger partial charge in [-0.05, 0) is 43.3 Å². The van der Waals surface area contributed by atoms with Crippen LogP contribution in [-0.4, -0.2) is 61.3 Å². The minimum Gasteiger partial charge on any atom is -0.335 e. The molecule has 168 valence electrons. The smallest absolute Gasteiger partial charge is 0.270 e. The van der Waals surface area contributed by atoms with Gasteiger partial charge in [-0.15, -0.1) is 0 Å². The molecule has 0 saturated carbocycles. The Labute approximate surface area is 186 Å². The van der Waals surface area contributed by atoms with Crippen molar-refractivity contribution in [1.29, 1.82) is 0 Å². The van der Waals surface area contributed by atoms with Crippen molar-refractivity contribution >= 4 is 33.2 Å². The Balaban J connectivity index is 1.45. The molecule has 0 spiro atoms. The van der Waals surface area contributed by atoms with Gasteiger partial charge in [-0.25, -0.2) is 17.8 Å². The normalized spacial score (nSPS) is 17.9. The van der Waals surface area contributed by atoms with E-state index in [1.165, 1.54) is 21.4 Å². The lowest BCUT2D eigenvalue weighted by Gasteiger charge is -2.35. The second-order valence-electron chi connectivity index (χ2n) is 7.74. The summed E-state index contributed by atoms with van der Waals surface area (Å²) in [6.45, 7) is 2.60. The summed E-state index contributed by atoms with van der Waals surface area (Å²) < 4.78 is 39.9. The fourth-order valence-corrected chi connectivity index (χ4v) is 5.09. The first-order valence-corrected chi connectivity index (χ1v) is 11.7. The number of nitrogens with zero attached hydrogens (tertiary/aromatic N) is 4. The third-order valence-corrected chi connectivity index (χ3v) is 7.45. The van der Waals surface area contributed by atoms with Crippen LogP contribution in [0.3, 0.4) is 0 Å². The minimum atomic E-state index is -3.76. The highest BCUT2D eigenvalue weighted by Gasteiger charge is 2.33. The van der Waals surface area contributed by atoms with Crippen molar-refractivity contribution in [2.24, 2.45) is 5.10 Å². The number of hydrazone groups is 1. The summed E-state index contributed by atoms with van der Waals surface area (Å²) in [7, 11) is -3.76. The molecule has 0 N–H and O–H groups in total. The molecule has 1 saturated heterocycles. The number of aryl methyl sites for hydroxylation is 1. The van der Waals surface area contributed by atoms with Gasteiger partial charge in [0.15, 0.2) is 0 Å². The van der Waals surface area contributed by atoms with E-state index in [1.54, 1.807) is 17.0 Å². The molecule has 2 aromatic carbocycles. The van der Waals surface area contributed by atoms with Crippen LogP contribution in [0.4, 0.5) is 10.1 Å². The van der Waals surface area contributed by atoms with Gasteiger partial charge < -0.3 is 4.90 Å². The van der Waals surface area contributed by atoms with Crippen LogP contribution in [0.25, 0.3) is 0 Å². The number of hydrogen-bond donors (Lipinski definition) is 0. The highest BCUT2D eigenvalue weighted by Crippen LogP contribution is 2.22. The van der Waals surface area contributed by atoms with Crippen molar-refractivity contribution in [3.8, 4) is 0 Å². The third kappa shape index (κ3) is 4.42. The number of rotatable bonds is 4. The molecule has 32 heavy (non-hydrogen) atoms. The average Bonchev–Trinajstić information content (AvgIpc) is 2.80. The zero-order valence-corrected chi connectivity index (χ0v) is 18.4. The molecule has 2 aliphatic heterocycles. The van der Waals surface area contributed by atoms with Gasteiger partial charge in [0.1, 0.15) is 11.5 Å². The van der Waals surface area contributed by atoms with Gasteiger partial charge >= 0.3 is 0 Å². The number of carbonyl (C=O) groups is 2. The number of benzene rings is 2. The van der Waals surface area contributed by atoms with E-state index in [2.05, 4.69) is 5.10 Å². The van der Waals surface area contributed by atoms with Crippen LogP contribution < -0.4 is 5.01 Å². The number of piperazine rings is 1. The standard InChI is InChI=1S/C22H23FN4O4S/c1-16-2-6-18(7-3-16)27-21(28)11-10-20(24-27)22(29)25-12-14-26(15-13-25)32(30,31)19-8-4-17(23)5-9-19/h2-9H,10-15H2,1H3. The van der Waals surface area contributed by atoms with E-state index in [4.69, 9.17) is 0 Å². The highest BCUT2D eigenvalue weighted by atomic mass is 32.2. The molecule has 0 bridgehead atoms. The van der Waals surface area contributed by atoms with E-state index in [9.17, 15) is 22.4 Å². The Morgan fingerprint density at radius 2 is 1.56 bits per heavy atom. The molecule has 2 aromatic rings. The summed E-state index contributed by atoms with van der Waals surface area (Å²) in [4.78, 5) is 26.9. The first-order valence-electron chi connectivity index (χ1n) is 10.3. The highest BCUT2D eigenvalue weighted by molar-refractivity contribution is 7.89. The molecular weight excluding hydrogens is 435 g/mol. The van der Waals surface area contributed by atoms with Gasteiger partial charge in [0, 0.05) is 39.0 Å². The van der Waals surface area contributed by atoms with Crippen molar-refractivity contribution in [2.45, 2.75) is 24.7 Å². The summed E-state index contributed by atoms with van der Waals surface area (Å²) in [6.07, 6.45) is 0.422. The summed E-state index contributed by atoms with van der Waals surface area (Å²) >= 11 is 0. The van der Waals surface area contributed by atoms with E-state index in [0.717, 1.165) is 17.7 Å². The molecule has 1 fully saturated rings. The molecule has 8 nitrogen and oxygen atoms in total. The maximum atomic E-state index is 13.1. The molecule has 4 rings (SSSR count). The second kappa shape index (κ2) is 8.79. The predicted octanol–water partition coefficient (Wildman–Crippen LogP) is 2.15. The van der Waals surface area contributed by atoms with Gasteiger partial charge in [0.2, 0.25) is 15.9 Å². The summed E-state index contributed by atoms with van der Waals surface area (Å²) in [6, 6.07) is 12.0. The van der Waals surface area contributed by atoms with Crippen molar-refractivity contribution in [1.82, 2.24) is 9.21 Å². The summed E-state index contributed by atoms with van der Waals surface area (Å²) in [5.41, 5.74) is 1.92. The predicted molar refractivity (Wildman–Crippen MR) is 117 cm³/mol. The first kappa shape index (κ1) is 22.1. The minimum absolute atomic E-state index is 0.0163. The molecule has 2 aliphatic rings. The lowest BCUT2D eigenvalue weighted by molar-refractivity contribution is -0.125. The molecule has 0 atom stereocenters. The number of halogens is 1. The van der Waals surface area contributed by atoms with Gasteiger partial charge in [-0.2, -0.15) is 9.41 Å². The van der Waals surface area contributed by atoms with Crippen LogP contribution >= 0.6 is 0 Å². The van der Waals surface area contributed by atoms with Crippen LogP contribution in [0.1, 0.15) is 18.4 Å². The zero-order chi connectivity index (χ0) is 22.9. The number of sulfonamides is 1. The quantitative estimate of drug-likeness (QED) is 0.702. The number of amides is 2. The van der Waals surface area contributed by atoms with Crippen LogP contribution in [0, 0.1) is 12.7 Å². The number of anilines is 1. The van der Waals surface area contributed by atoms with E-state index in [1.807, 2.05) is 19.1 Å². The van der Waals surface area contributed by atoms with Crippen molar-refractivity contribution in [3.63, 3.8) is 0 Å². The average molecular weight is 459 g/mol. The molecule has 0 radical (unpaired) electrons. The fourth-order valence-electron chi connectivity index (χ4n) is 3.66. The number of carbonyl (C=O) groups excluding carboxylic acids is 2. The Hall–Kier alpha value is -3.11. The van der Waals surface area contributed by atoms with E-state index in [-0.39, 0.29) is 61.4 Å². The van der Waals surface area contributed by atoms with Gasteiger partial charge in [0.25, 0.3) is 5.91 Å². The van der Waals surface area contributed by atoms with Crippen LogP contribution in [-0.2, 0) is 19.6 Å². The summed E-state index contributed by atoms with van der Waals surface area (Å²) in [5, 5.41) is 5.56. The Bertz CT molecular complexity index is 1160. The van der Waals surface area contributed by atoms with Gasteiger partial charge in [-0.1, -0.05) is 17.7 Å². The lowest BCUT2D eigenvalue weighted by atomic mass is 10.1. The fraction of sp³-hybridized carbons (Fsp3) is 0.318. The third-order valence-electron chi connectivity index (χ3n) is 5.54. The van der Waals surface area contributed by atoms with Gasteiger partial charge in [-0.3, -0.25) is 9.59 Å². The second-order valence-corrected chi connectivity index (χ2v) is 9.68. The number of hydrogen-bond acceptors (Lipinski definition) is 5. The molecule has 0 aromatic heterocycles. The molecule has 0 unspecified atom stereocenters. The SMILES string of the molecule is Cc1ccc(N2N=C(C(=O)N3CCN(S(=O)(=O)c4ccc(F)cc4)CC3)CCC2=O)cc1. The van der Waals surface area contributed by atoms with E-state index < -0.39 is 15.8 Å². The Kier molecular flexibility index (Phi) is 6.07. The van der Waals surface area contributed by atoms with Crippen molar-refractivity contribution < 1.29 is 22.4 Å². The van der Waals surface area contributed by atoms with Crippen LogP contribution in [0.2, 0.25) is 0 Å². The van der Waals surface area contributed by atoms with Crippen molar-refractivity contribution in [2.75, 3.05) is 31.2 Å². The summed E-state index contributed by atoms with van der Waals surface area (Å²) in [5.74, 6) is -0.986. The monoisotopic (exact) mass is 458 g/mol. The Morgan fingerprint density at radius 3 is 2.19 bits per heavy atom. The maximum Gasteiger partial charge on any atom is 0.270 e. The van der Waals surface area contributed by atoms with Crippen molar-refractivity contribution in [3.05, 3.63) is 59.9 Å². The molecule has 2 heterocycles. The maximum absolute atomic E-state index is 13.1. The largest absolute Gasteiger partial charge is 0.335 e. The molecule has 0 aliphatic carbocycles. The Morgan fingerprint density at radius 1 is 0.938 bits per heavy atom. The van der Waals surface area contributed by atoms with E-state index >= 15 is 0 Å². The molecular formula is C22H23FN4O4S. The van der Waals surface area contributed by atoms with Crippen LogP contribution in [0.15, 0.2) is 58.5 Å². The topological polar surface area (TPSA) is 90.4 Å². The van der Waals surface area contributed by atoms with E-state index in [0.29, 0.717) is 5.69 Å². The van der Waals surface area contributed by atoms with Gasteiger partial charge in [0.05, 0.1) is 10.6 Å². The molecule has 10 heteroatoms. The first-order chi connectivity index (χ1) is 15.3. The lowest BCUT2D eigenvalue weighted by Crippen LogP contribution is -2.52. The zero-order valence-electron chi connectivity index (χ0n) is 17.6. The van der Waals surface area contributed by atoms with Crippen LogP contribution in [0.5, 0.6) is 0 Å².